The number of benzene rings is 1. The summed E-state index contributed by atoms with van der Waals surface area (Å²) in [5.74, 6) is 0.718. The largest absolute Gasteiger partial charge is 0.497 e. The Hall–Kier alpha value is -0.996. The van der Waals surface area contributed by atoms with E-state index in [2.05, 4.69) is 81.6 Å². The lowest BCUT2D eigenvalue weighted by Gasteiger charge is -2.45. The first kappa shape index (κ1) is 34.0. The number of carbonyl (C=O) groups excluding carboxylic acids is 1. The molecule has 0 fully saturated rings. The van der Waals surface area contributed by atoms with Crippen LogP contribution in [-0.4, -0.2) is 48.8 Å². The van der Waals surface area contributed by atoms with Crippen LogP contribution in [0.5, 0.6) is 5.75 Å². The van der Waals surface area contributed by atoms with Crippen molar-refractivity contribution >= 4 is 22.9 Å². The summed E-state index contributed by atoms with van der Waals surface area (Å²) in [6.45, 7) is 30.2. The summed E-state index contributed by atoms with van der Waals surface area (Å²) in [5, 5.41) is 0.213. The second kappa shape index (κ2) is 13.4. The van der Waals surface area contributed by atoms with Crippen molar-refractivity contribution in [2.75, 3.05) is 13.7 Å². The van der Waals surface area contributed by atoms with Gasteiger partial charge >= 0.3 is 0 Å². The van der Waals surface area contributed by atoms with Gasteiger partial charge in [-0.2, -0.15) is 0 Å². The van der Waals surface area contributed by atoms with Crippen LogP contribution in [0.2, 0.25) is 36.3 Å². The lowest BCUT2D eigenvalue weighted by atomic mass is 9.84. The summed E-state index contributed by atoms with van der Waals surface area (Å²) in [6.07, 6.45) is 0.647. The fourth-order valence-electron chi connectivity index (χ4n) is 3.87. The molecule has 0 aromatic heterocycles. The molecule has 0 aliphatic rings. The third kappa shape index (κ3) is 9.61. The topological polar surface area (TPSA) is 54.0 Å². The van der Waals surface area contributed by atoms with E-state index < -0.39 is 16.6 Å². The fraction of sp³-hybridized carbons (Fsp3) is 0.767. The van der Waals surface area contributed by atoms with Crippen molar-refractivity contribution in [1.82, 2.24) is 0 Å². The zero-order valence-electron chi connectivity index (χ0n) is 26.2. The molecule has 5 nitrogen and oxygen atoms in total. The molecule has 0 aliphatic heterocycles. The second-order valence-corrected chi connectivity index (χ2v) is 23.4. The molecule has 0 saturated heterocycles. The molecule has 1 aromatic carbocycles. The quantitative estimate of drug-likeness (QED) is 0.172. The summed E-state index contributed by atoms with van der Waals surface area (Å²) in [5.41, 5.74) is 1.05. The molecule has 0 unspecified atom stereocenters. The van der Waals surface area contributed by atoms with Crippen LogP contribution in [-0.2, 0) is 25.0 Å². The van der Waals surface area contributed by atoms with Crippen LogP contribution >= 0.6 is 0 Å². The lowest BCUT2D eigenvalue weighted by Crippen LogP contribution is -2.52. The van der Waals surface area contributed by atoms with Crippen molar-refractivity contribution < 1.29 is 23.1 Å². The van der Waals surface area contributed by atoms with Gasteiger partial charge in [-0.25, -0.2) is 0 Å². The number of methoxy groups -OCH3 is 1. The Morgan fingerprint density at radius 2 is 1.35 bits per heavy atom. The fourth-order valence-corrected chi connectivity index (χ4v) is 6.46. The van der Waals surface area contributed by atoms with Crippen molar-refractivity contribution in [3.05, 3.63) is 29.8 Å². The summed E-state index contributed by atoms with van der Waals surface area (Å²) >= 11 is 0. The van der Waals surface area contributed by atoms with E-state index in [9.17, 15) is 4.79 Å². The third-order valence-electron chi connectivity index (χ3n) is 8.68. The van der Waals surface area contributed by atoms with E-state index in [1.54, 1.807) is 7.11 Å². The van der Waals surface area contributed by atoms with E-state index >= 15 is 0 Å². The summed E-state index contributed by atoms with van der Waals surface area (Å²) in [6, 6.07) is 7.88. The predicted octanol–water partition coefficient (Wildman–Crippen LogP) is 8.10. The minimum Gasteiger partial charge on any atom is -0.497 e. The molecule has 0 amide bonds. The molecule has 1 rings (SSSR count). The molecule has 0 radical (unpaired) electrons. The molecule has 0 saturated carbocycles. The average molecular weight is 553 g/mol. The highest BCUT2D eigenvalue weighted by molar-refractivity contribution is 6.74. The first-order valence-electron chi connectivity index (χ1n) is 13.8. The molecule has 0 bridgehead atoms. The first-order chi connectivity index (χ1) is 16.8. The standard InChI is InChI=1S/C30H56O5Si2/c1-22(19-31)27(33-21-25-15-17-26(32-10)18-16-25)24(3)28(35-37(13,14)30(7,8)9)23(2)20-34-36(11,12)29(4,5)6/h15-19,22-24,27-28H,20-21H2,1-14H3/t22-,23-,24-,27+,28-/m0/s1. The minimum absolute atomic E-state index is 0.00518. The average Bonchev–Trinajstić information content (AvgIpc) is 2.79. The third-order valence-corrected chi connectivity index (χ3v) is 17.7. The highest BCUT2D eigenvalue weighted by Gasteiger charge is 2.44. The van der Waals surface area contributed by atoms with Gasteiger partial charge in [0.05, 0.1) is 25.9 Å². The number of aldehydes is 1. The van der Waals surface area contributed by atoms with Gasteiger partial charge in [0.25, 0.3) is 0 Å². The maximum absolute atomic E-state index is 12.0. The molecular weight excluding hydrogens is 496 g/mol. The number of hydrogen-bond acceptors (Lipinski definition) is 5. The van der Waals surface area contributed by atoms with Crippen molar-refractivity contribution in [1.29, 1.82) is 0 Å². The Labute approximate surface area is 230 Å². The summed E-state index contributed by atoms with van der Waals surface area (Å²) in [7, 11) is -2.34. The van der Waals surface area contributed by atoms with Crippen LogP contribution in [0.15, 0.2) is 24.3 Å². The van der Waals surface area contributed by atoms with Gasteiger partial charge in [0.2, 0.25) is 0 Å². The summed E-state index contributed by atoms with van der Waals surface area (Å²) < 4.78 is 25.5. The van der Waals surface area contributed by atoms with Crippen LogP contribution in [0.1, 0.15) is 67.9 Å². The van der Waals surface area contributed by atoms with E-state index in [0.29, 0.717) is 13.2 Å². The van der Waals surface area contributed by atoms with E-state index in [1.165, 1.54) is 0 Å². The minimum atomic E-state index is -2.10. The molecule has 0 aliphatic carbocycles. The number of ether oxygens (including phenoxy) is 2. The van der Waals surface area contributed by atoms with Crippen LogP contribution < -0.4 is 4.74 Å². The zero-order chi connectivity index (χ0) is 28.8. The van der Waals surface area contributed by atoms with E-state index in [4.69, 9.17) is 18.3 Å². The first-order valence-corrected chi connectivity index (χ1v) is 19.6. The summed E-state index contributed by atoms with van der Waals surface area (Å²) in [4.78, 5) is 12.0. The van der Waals surface area contributed by atoms with Crippen LogP contribution in [0.4, 0.5) is 0 Å². The van der Waals surface area contributed by atoms with Gasteiger partial charge in [-0.3, -0.25) is 0 Å². The van der Waals surface area contributed by atoms with Gasteiger partial charge in [-0.05, 0) is 54.0 Å². The highest BCUT2D eigenvalue weighted by atomic mass is 28.4. The normalized spacial score (nSPS) is 17.6. The molecule has 1 aromatic rings. The number of hydrogen-bond donors (Lipinski definition) is 0. The monoisotopic (exact) mass is 552 g/mol. The van der Waals surface area contributed by atoms with Crippen molar-refractivity contribution in [3.8, 4) is 5.75 Å². The van der Waals surface area contributed by atoms with E-state index in [-0.39, 0.29) is 40.0 Å². The Bertz CT molecular complexity index is 824. The Morgan fingerprint density at radius 1 is 0.838 bits per heavy atom. The molecular formula is C30H56O5Si2. The van der Waals surface area contributed by atoms with Gasteiger partial charge in [0, 0.05) is 24.4 Å². The molecule has 0 spiro atoms. The van der Waals surface area contributed by atoms with Gasteiger partial charge in [0.15, 0.2) is 16.6 Å². The molecule has 0 heterocycles. The number of carbonyl (C=O) groups is 1. The second-order valence-electron chi connectivity index (χ2n) is 13.9. The molecule has 37 heavy (non-hydrogen) atoms. The number of rotatable bonds is 14. The van der Waals surface area contributed by atoms with Crippen LogP contribution in [0.25, 0.3) is 0 Å². The van der Waals surface area contributed by atoms with Crippen molar-refractivity contribution in [3.63, 3.8) is 0 Å². The van der Waals surface area contributed by atoms with Gasteiger partial charge in [0.1, 0.15) is 12.0 Å². The molecule has 5 atom stereocenters. The zero-order valence-corrected chi connectivity index (χ0v) is 28.2. The van der Waals surface area contributed by atoms with Gasteiger partial charge < -0.3 is 23.1 Å². The predicted molar refractivity (Wildman–Crippen MR) is 160 cm³/mol. The Morgan fingerprint density at radius 3 is 1.78 bits per heavy atom. The van der Waals surface area contributed by atoms with E-state index in [0.717, 1.165) is 17.6 Å². The SMILES string of the molecule is COc1ccc(CO[C@@H]([C@H](C)[C@@H](O[Si](C)(C)C(C)(C)C)[C@@H](C)CO[Si](C)(C)C(C)(C)C)[C@@H](C)C=O)cc1. The van der Waals surface area contributed by atoms with Gasteiger partial charge in [-0.1, -0.05) is 74.4 Å². The maximum Gasteiger partial charge on any atom is 0.192 e. The van der Waals surface area contributed by atoms with E-state index in [1.807, 2.05) is 31.2 Å². The highest BCUT2D eigenvalue weighted by Crippen LogP contribution is 2.41. The van der Waals surface area contributed by atoms with Gasteiger partial charge in [-0.15, -0.1) is 0 Å². The van der Waals surface area contributed by atoms with Crippen molar-refractivity contribution in [2.24, 2.45) is 17.8 Å². The smallest absolute Gasteiger partial charge is 0.192 e. The molecule has 214 valence electrons. The van der Waals surface area contributed by atoms with Crippen LogP contribution in [0.3, 0.4) is 0 Å². The lowest BCUT2D eigenvalue weighted by molar-refractivity contribution is -0.122. The molecule has 0 N–H and O–H groups in total. The van der Waals surface area contributed by atoms with Crippen LogP contribution in [0, 0.1) is 17.8 Å². The van der Waals surface area contributed by atoms with Crippen molar-refractivity contribution in [2.45, 2.75) is 117 Å². The Balaban J connectivity index is 3.25. The Kier molecular flexibility index (Phi) is 12.3. The molecule has 7 heteroatoms. The maximum atomic E-state index is 12.0.